The Bertz CT molecular complexity index is 811. The van der Waals surface area contributed by atoms with Crippen molar-refractivity contribution >= 4 is 32.0 Å². The maximum atomic E-state index is 5.79. The monoisotopic (exact) mass is 389 g/mol. The molecule has 0 bridgehead atoms. The van der Waals surface area contributed by atoms with Gasteiger partial charge in [0, 0.05) is 0 Å². The van der Waals surface area contributed by atoms with Gasteiger partial charge in [-0.2, -0.15) is 0 Å². The summed E-state index contributed by atoms with van der Waals surface area (Å²) in [4.78, 5) is 12.9. The van der Waals surface area contributed by atoms with Crippen LogP contribution in [0.15, 0.2) is 29.9 Å². The summed E-state index contributed by atoms with van der Waals surface area (Å²) in [6, 6.07) is 3.99. The fourth-order valence-electron chi connectivity index (χ4n) is 2.37. The zero-order valence-electron chi connectivity index (χ0n) is 13.0. The van der Waals surface area contributed by atoms with E-state index in [0.717, 1.165) is 26.4 Å². The van der Waals surface area contributed by atoms with E-state index in [-0.39, 0.29) is 0 Å². The van der Waals surface area contributed by atoms with Crippen LogP contribution in [0.3, 0.4) is 0 Å². The zero-order valence-corrected chi connectivity index (χ0v) is 16.3. The molecule has 23 heavy (non-hydrogen) atoms. The topological polar surface area (TPSA) is 57.1 Å². The second-order valence-corrected chi connectivity index (χ2v) is 7.92. The number of hydrogen-bond acceptors (Lipinski definition) is 6. The molecule has 0 aliphatic carbocycles. The average Bonchev–Trinajstić information content (AvgIpc) is 2.93. The van der Waals surface area contributed by atoms with E-state index in [4.69, 9.17) is 9.47 Å². The van der Waals surface area contributed by atoms with Crippen LogP contribution in [0.5, 0.6) is 17.5 Å². The molecule has 0 amide bonds. The Morgan fingerprint density at radius 2 is 1.70 bits per heavy atom. The second kappa shape index (κ2) is 6.69. The van der Waals surface area contributed by atoms with Gasteiger partial charge in [0.2, 0.25) is 0 Å². The second-order valence-electron chi connectivity index (χ2n) is 5.00. The Morgan fingerprint density at radius 1 is 1.04 bits per heavy atom. The molecule has 0 saturated heterocycles. The van der Waals surface area contributed by atoms with E-state index in [0.29, 0.717) is 11.8 Å². The molecule has 5 nitrogen and oxygen atoms in total. The van der Waals surface area contributed by atoms with Gasteiger partial charge in [0.25, 0.3) is 0 Å². The van der Waals surface area contributed by atoms with E-state index in [1.807, 2.05) is 12.1 Å². The number of ether oxygens (including phenoxy) is 2. The van der Waals surface area contributed by atoms with Crippen LogP contribution in [0.25, 0.3) is 11.3 Å². The first-order valence-electron chi connectivity index (χ1n) is 6.93. The zero-order chi connectivity index (χ0) is 16.4. The van der Waals surface area contributed by atoms with Crippen molar-refractivity contribution in [2.24, 2.45) is 0 Å². The van der Waals surface area contributed by atoms with Gasteiger partial charge in [0.1, 0.15) is 0 Å². The van der Waals surface area contributed by atoms with Crippen molar-refractivity contribution in [3.05, 3.63) is 41.0 Å². The molecule has 1 unspecified atom stereocenters. The summed E-state index contributed by atoms with van der Waals surface area (Å²) in [5, 5.41) is 2.10. The van der Waals surface area contributed by atoms with Crippen LogP contribution in [0.2, 0.25) is 0 Å². The van der Waals surface area contributed by atoms with Crippen molar-refractivity contribution < 1.29 is 9.47 Å². The molecule has 0 spiro atoms. The summed E-state index contributed by atoms with van der Waals surface area (Å²) < 4.78 is 11.9. The molecule has 1 atom stereocenters. The fraction of sp³-hybridized carbons (Fsp3) is 0.188. The van der Waals surface area contributed by atoms with Crippen LogP contribution in [0.1, 0.15) is 11.1 Å². The van der Waals surface area contributed by atoms with Crippen molar-refractivity contribution in [2.75, 3.05) is 7.11 Å². The Balaban J connectivity index is 1.89. The van der Waals surface area contributed by atoms with E-state index >= 15 is 0 Å². The predicted octanol–water partition coefficient (Wildman–Crippen LogP) is 2.28. The Labute approximate surface area is 147 Å². The van der Waals surface area contributed by atoms with Crippen molar-refractivity contribution in [2.45, 2.75) is 13.8 Å². The summed E-state index contributed by atoms with van der Waals surface area (Å²) in [6.45, 7) is 4.13. The Hall–Kier alpha value is -1.91. The molecule has 3 aromatic rings. The van der Waals surface area contributed by atoms with E-state index in [2.05, 4.69) is 34.2 Å². The van der Waals surface area contributed by atoms with Crippen LogP contribution in [-0.4, -0.2) is 38.9 Å². The minimum absolute atomic E-state index is 0.435. The third-order valence-electron chi connectivity index (χ3n) is 3.32. The fourth-order valence-corrected chi connectivity index (χ4v) is 3.65. The Kier molecular flexibility index (Phi) is 4.64. The molecular formula is C16H16AsN3O2S. The SMILES string of the molecule is COc1cnc(Oc2cc(C)c(-c3csc([AsH2])n3)c(C)c2)cn1. The molecule has 7 heteroatoms. The Morgan fingerprint density at radius 3 is 2.22 bits per heavy atom. The number of benzene rings is 1. The molecule has 1 aromatic carbocycles. The molecule has 118 valence electrons. The number of thiazole rings is 1. The van der Waals surface area contributed by atoms with E-state index in [9.17, 15) is 0 Å². The summed E-state index contributed by atoms with van der Waals surface area (Å²) >= 11 is 3.23. The molecule has 2 aromatic heterocycles. The van der Waals surface area contributed by atoms with Gasteiger partial charge in [-0.25, -0.2) is 0 Å². The summed E-state index contributed by atoms with van der Waals surface area (Å²) in [5.41, 5.74) is 4.44. The minimum atomic E-state index is 0.435. The molecule has 0 N–H and O–H groups in total. The van der Waals surface area contributed by atoms with Crippen LogP contribution in [-0.2, 0) is 0 Å². The molecule has 0 aliphatic heterocycles. The van der Waals surface area contributed by atoms with E-state index < -0.39 is 0 Å². The van der Waals surface area contributed by atoms with Crippen LogP contribution >= 0.6 is 11.3 Å². The van der Waals surface area contributed by atoms with E-state index in [1.165, 1.54) is 11.8 Å². The first kappa shape index (κ1) is 16.0. The molecule has 0 saturated carbocycles. The number of rotatable bonds is 4. The van der Waals surface area contributed by atoms with Gasteiger partial charge < -0.3 is 4.74 Å². The van der Waals surface area contributed by atoms with Crippen LogP contribution in [0.4, 0.5) is 0 Å². The molecule has 0 aliphatic rings. The van der Waals surface area contributed by atoms with Crippen LogP contribution in [0, 0.1) is 13.8 Å². The van der Waals surface area contributed by atoms with Gasteiger partial charge in [-0.15, -0.1) is 0 Å². The van der Waals surface area contributed by atoms with Crippen molar-refractivity contribution in [1.29, 1.82) is 0 Å². The van der Waals surface area contributed by atoms with Gasteiger partial charge in [0.15, 0.2) is 0 Å². The van der Waals surface area contributed by atoms with Gasteiger partial charge >= 0.3 is 135 Å². The molecule has 0 radical (unpaired) electrons. The molecule has 2 heterocycles. The summed E-state index contributed by atoms with van der Waals surface area (Å²) in [6.07, 6.45) is 3.08. The first-order chi connectivity index (χ1) is 11.1. The number of hydrogen-bond donors (Lipinski definition) is 0. The first-order valence-corrected chi connectivity index (χ1v) is 9.02. The third kappa shape index (κ3) is 3.54. The average molecular weight is 389 g/mol. The van der Waals surface area contributed by atoms with Gasteiger partial charge in [-0.3, -0.25) is 0 Å². The third-order valence-corrected chi connectivity index (χ3v) is 5.12. The number of aryl methyl sites for hydroxylation is 2. The predicted molar refractivity (Wildman–Crippen MR) is 93.9 cm³/mol. The quantitative estimate of drug-likeness (QED) is 0.641. The van der Waals surface area contributed by atoms with Gasteiger partial charge in [0.05, 0.1) is 7.11 Å². The number of methoxy groups -OCH3 is 1. The van der Waals surface area contributed by atoms with Gasteiger partial charge in [-0.1, -0.05) is 0 Å². The standard InChI is InChI=1S/C16H16AsN3O2S/c1-9-4-11(22-14-7-18-13(21-3)6-19-14)5-10(2)15(9)12-8-23-16(17)20-12/h4-8H,17H2,1-3H3. The maximum absolute atomic E-state index is 5.79. The number of nitrogens with zero attached hydrogens (tertiary/aromatic N) is 3. The molecule has 0 fully saturated rings. The number of aromatic nitrogens is 3. The molecule has 3 rings (SSSR count). The normalized spacial score (nSPS) is 10.6. The summed E-state index contributed by atoms with van der Waals surface area (Å²) in [5.74, 6) is 1.63. The van der Waals surface area contributed by atoms with Crippen molar-refractivity contribution in [1.82, 2.24) is 15.0 Å². The van der Waals surface area contributed by atoms with Crippen LogP contribution < -0.4 is 13.3 Å². The summed E-state index contributed by atoms with van der Waals surface area (Å²) in [7, 11) is 1.55. The van der Waals surface area contributed by atoms with Crippen molar-refractivity contribution in [3.63, 3.8) is 0 Å². The van der Waals surface area contributed by atoms with E-state index in [1.54, 1.807) is 41.5 Å². The molecular weight excluding hydrogens is 373 g/mol. The van der Waals surface area contributed by atoms with Crippen molar-refractivity contribution in [3.8, 4) is 28.8 Å². The van der Waals surface area contributed by atoms with Gasteiger partial charge in [-0.05, 0) is 0 Å².